The van der Waals surface area contributed by atoms with Gasteiger partial charge in [0.05, 0.1) is 27.0 Å². The maximum Gasteiger partial charge on any atom is 0.281 e. The highest BCUT2D eigenvalue weighted by Crippen LogP contribution is 2.36. The van der Waals surface area contributed by atoms with Gasteiger partial charge in [-0.05, 0) is 36.5 Å². The van der Waals surface area contributed by atoms with E-state index in [0.29, 0.717) is 39.3 Å². The summed E-state index contributed by atoms with van der Waals surface area (Å²) in [5, 5.41) is 3.29. The van der Waals surface area contributed by atoms with Gasteiger partial charge in [0.15, 0.2) is 16.6 Å². The van der Waals surface area contributed by atoms with E-state index >= 15 is 0 Å². The van der Waals surface area contributed by atoms with Gasteiger partial charge in [0.2, 0.25) is 0 Å². The summed E-state index contributed by atoms with van der Waals surface area (Å²) in [6.07, 6.45) is 1.68. The molecule has 1 amide bonds. The van der Waals surface area contributed by atoms with Crippen molar-refractivity contribution in [1.29, 1.82) is 0 Å². The zero-order valence-electron chi connectivity index (χ0n) is 14.6. The number of ether oxygens (including phenoxy) is 3. The molecule has 0 saturated carbocycles. The third-order valence-electron chi connectivity index (χ3n) is 3.93. The fourth-order valence-electron chi connectivity index (χ4n) is 2.67. The molecule has 3 rings (SSSR count). The molecule has 7 heteroatoms. The van der Waals surface area contributed by atoms with Gasteiger partial charge in [0, 0.05) is 11.6 Å². The van der Waals surface area contributed by atoms with Gasteiger partial charge in [-0.25, -0.2) is 0 Å². The first-order valence-electron chi connectivity index (χ1n) is 7.81. The Bertz CT molecular complexity index is 881. The summed E-state index contributed by atoms with van der Waals surface area (Å²) in [7, 11) is 4.65. The third kappa shape index (κ3) is 3.21. The molecule has 0 radical (unpaired) electrons. The summed E-state index contributed by atoms with van der Waals surface area (Å²) < 4.78 is 16.0. The molecule has 1 aliphatic heterocycles. The van der Waals surface area contributed by atoms with E-state index in [9.17, 15) is 4.79 Å². The van der Waals surface area contributed by atoms with Crippen LogP contribution in [0.2, 0.25) is 0 Å². The number of anilines is 1. The molecule has 1 aliphatic rings. The SMILES string of the molecule is COc1cc(OC)c(OC)cc1/C=C1\NC(=S)N(c2ccccc2)C1=O. The van der Waals surface area contributed by atoms with Gasteiger partial charge >= 0.3 is 0 Å². The van der Waals surface area contributed by atoms with Crippen molar-refractivity contribution in [2.24, 2.45) is 0 Å². The Balaban J connectivity index is 2.01. The van der Waals surface area contributed by atoms with Crippen molar-refractivity contribution >= 4 is 35.0 Å². The van der Waals surface area contributed by atoms with Crippen molar-refractivity contribution in [3.8, 4) is 17.2 Å². The smallest absolute Gasteiger partial charge is 0.281 e. The summed E-state index contributed by atoms with van der Waals surface area (Å²) in [5.74, 6) is 1.39. The maximum atomic E-state index is 12.8. The van der Waals surface area contributed by atoms with Crippen LogP contribution in [0.15, 0.2) is 48.2 Å². The Kier molecular flexibility index (Phi) is 5.09. The molecule has 1 heterocycles. The van der Waals surface area contributed by atoms with Crippen LogP contribution >= 0.6 is 12.2 Å². The van der Waals surface area contributed by atoms with Crippen LogP contribution in [0.3, 0.4) is 0 Å². The minimum Gasteiger partial charge on any atom is -0.496 e. The van der Waals surface area contributed by atoms with Gasteiger partial charge in [-0.2, -0.15) is 0 Å². The Labute approximate surface area is 157 Å². The van der Waals surface area contributed by atoms with Crippen LogP contribution in [0.4, 0.5) is 5.69 Å². The number of nitrogens with one attached hydrogen (secondary N) is 1. The van der Waals surface area contributed by atoms with Gasteiger partial charge < -0.3 is 19.5 Å². The lowest BCUT2D eigenvalue weighted by molar-refractivity contribution is -0.113. The predicted octanol–water partition coefficient (Wildman–Crippen LogP) is 2.97. The zero-order chi connectivity index (χ0) is 18.7. The van der Waals surface area contributed by atoms with E-state index < -0.39 is 0 Å². The second kappa shape index (κ2) is 7.45. The Morgan fingerprint density at radius 3 is 2.19 bits per heavy atom. The summed E-state index contributed by atoms with van der Waals surface area (Å²) >= 11 is 5.32. The second-order valence-electron chi connectivity index (χ2n) is 5.41. The Morgan fingerprint density at radius 2 is 1.58 bits per heavy atom. The van der Waals surface area contributed by atoms with Crippen LogP contribution in [0.25, 0.3) is 6.08 Å². The number of amides is 1. The molecule has 0 aromatic heterocycles. The van der Waals surface area contributed by atoms with Crippen LogP contribution in [-0.2, 0) is 4.79 Å². The van der Waals surface area contributed by atoms with E-state index in [1.807, 2.05) is 30.3 Å². The zero-order valence-corrected chi connectivity index (χ0v) is 15.4. The monoisotopic (exact) mass is 370 g/mol. The quantitative estimate of drug-likeness (QED) is 0.645. The average Bonchev–Trinajstić information content (AvgIpc) is 2.95. The lowest BCUT2D eigenvalue weighted by Crippen LogP contribution is -2.30. The number of rotatable bonds is 5. The molecule has 2 aromatic rings. The number of hydrogen-bond acceptors (Lipinski definition) is 5. The van der Waals surface area contributed by atoms with Gasteiger partial charge in [-0.15, -0.1) is 0 Å². The minimum absolute atomic E-state index is 0.238. The summed E-state index contributed by atoms with van der Waals surface area (Å²) in [5.41, 5.74) is 1.72. The molecular weight excluding hydrogens is 352 g/mol. The molecule has 0 unspecified atom stereocenters. The predicted molar refractivity (Wildman–Crippen MR) is 104 cm³/mol. The molecule has 2 aromatic carbocycles. The topological polar surface area (TPSA) is 60.0 Å². The highest BCUT2D eigenvalue weighted by molar-refractivity contribution is 7.80. The number of hydrogen-bond donors (Lipinski definition) is 1. The van der Waals surface area contributed by atoms with Crippen LogP contribution < -0.4 is 24.4 Å². The normalized spacial score (nSPS) is 15.2. The molecule has 26 heavy (non-hydrogen) atoms. The van der Waals surface area contributed by atoms with E-state index in [1.165, 1.54) is 4.90 Å². The number of methoxy groups -OCH3 is 3. The van der Waals surface area contributed by atoms with Gasteiger partial charge in [0.1, 0.15) is 11.4 Å². The molecule has 1 fully saturated rings. The third-order valence-corrected chi connectivity index (χ3v) is 4.21. The van der Waals surface area contributed by atoms with E-state index in [4.69, 9.17) is 26.4 Å². The van der Waals surface area contributed by atoms with Crippen LogP contribution in [0, 0.1) is 0 Å². The van der Waals surface area contributed by atoms with Crippen LogP contribution in [0.1, 0.15) is 5.56 Å². The van der Waals surface area contributed by atoms with Crippen molar-refractivity contribution in [3.63, 3.8) is 0 Å². The minimum atomic E-state index is -0.238. The Hall–Kier alpha value is -3.06. The van der Waals surface area contributed by atoms with E-state index in [0.717, 1.165) is 0 Å². The molecule has 6 nitrogen and oxygen atoms in total. The molecule has 0 atom stereocenters. The van der Waals surface area contributed by atoms with Gasteiger partial charge in [-0.3, -0.25) is 9.69 Å². The van der Waals surface area contributed by atoms with E-state index in [2.05, 4.69) is 5.32 Å². The molecular formula is C19H18N2O4S. The average molecular weight is 370 g/mol. The maximum absolute atomic E-state index is 12.8. The summed E-state index contributed by atoms with van der Waals surface area (Å²) in [6.45, 7) is 0. The largest absolute Gasteiger partial charge is 0.496 e. The molecule has 134 valence electrons. The lowest BCUT2D eigenvalue weighted by Gasteiger charge is -2.13. The van der Waals surface area contributed by atoms with Gasteiger partial charge in [0.25, 0.3) is 5.91 Å². The first kappa shape index (κ1) is 17.8. The first-order chi connectivity index (χ1) is 12.6. The molecule has 1 N–H and O–H groups in total. The number of nitrogens with zero attached hydrogens (tertiary/aromatic N) is 1. The highest BCUT2D eigenvalue weighted by Gasteiger charge is 2.32. The Morgan fingerprint density at radius 1 is 0.962 bits per heavy atom. The number of carbonyl (C=O) groups is 1. The second-order valence-corrected chi connectivity index (χ2v) is 5.80. The fraction of sp³-hybridized carbons (Fsp3) is 0.158. The number of thiocarbonyl (C=S) groups is 1. The number of para-hydroxylation sites is 1. The molecule has 1 saturated heterocycles. The lowest BCUT2D eigenvalue weighted by atomic mass is 10.1. The van der Waals surface area contributed by atoms with Crippen molar-refractivity contribution in [2.45, 2.75) is 0 Å². The highest BCUT2D eigenvalue weighted by atomic mass is 32.1. The van der Waals surface area contributed by atoms with Crippen LogP contribution in [0.5, 0.6) is 17.2 Å². The first-order valence-corrected chi connectivity index (χ1v) is 8.22. The van der Waals surface area contributed by atoms with E-state index in [-0.39, 0.29) is 5.91 Å². The van der Waals surface area contributed by atoms with Crippen molar-refractivity contribution < 1.29 is 19.0 Å². The molecule has 0 spiro atoms. The number of carbonyl (C=O) groups excluding carboxylic acids is 1. The van der Waals surface area contributed by atoms with Crippen LogP contribution in [-0.4, -0.2) is 32.3 Å². The van der Waals surface area contributed by atoms with Crippen molar-refractivity contribution in [1.82, 2.24) is 5.32 Å². The standard InChI is InChI=1S/C19H18N2O4S/c1-23-15-11-17(25-3)16(24-2)10-12(15)9-14-18(22)21(19(26)20-14)13-7-5-4-6-8-13/h4-11H,1-3H3,(H,20,26)/b14-9-. The van der Waals surface area contributed by atoms with Gasteiger partial charge in [-0.1, -0.05) is 18.2 Å². The molecule has 0 bridgehead atoms. The number of benzene rings is 2. The van der Waals surface area contributed by atoms with E-state index in [1.54, 1.807) is 39.5 Å². The summed E-state index contributed by atoms with van der Waals surface area (Å²) in [4.78, 5) is 14.3. The fourth-order valence-corrected chi connectivity index (χ4v) is 2.97. The summed E-state index contributed by atoms with van der Waals surface area (Å²) in [6, 6.07) is 12.7. The van der Waals surface area contributed by atoms with Crippen molar-refractivity contribution in [3.05, 3.63) is 53.7 Å². The molecule has 0 aliphatic carbocycles. The van der Waals surface area contributed by atoms with Crippen molar-refractivity contribution in [2.75, 3.05) is 26.2 Å².